The van der Waals surface area contributed by atoms with Crippen molar-refractivity contribution < 1.29 is 0 Å². The molecule has 2 N–H and O–H groups in total. The molecular formula is C12H22N2. The third-order valence-corrected chi connectivity index (χ3v) is 1.85. The van der Waals surface area contributed by atoms with Gasteiger partial charge in [0.1, 0.15) is 0 Å². The van der Waals surface area contributed by atoms with Gasteiger partial charge in [-0.25, -0.2) is 0 Å². The molecule has 0 radical (unpaired) electrons. The smallest absolute Gasteiger partial charge is 0.0912 e. The lowest BCUT2D eigenvalue weighted by Gasteiger charge is -2.10. The van der Waals surface area contributed by atoms with E-state index in [4.69, 9.17) is 0 Å². The highest BCUT2D eigenvalue weighted by molar-refractivity contribution is 4.87. The van der Waals surface area contributed by atoms with Gasteiger partial charge in [-0.15, -0.1) is 5.73 Å². The Morgan fingerprint density at radius 3 is 2.64 bits per heavy atom. The minimum absolute atomic E-state index is 0.936. The monoisotopic (exact) mass is 194 g/mol. The first-order chi connectivity index (χ1) is 6.81. The van der Waals surface area contributed by atoms with E-state index in [1.165, 1.54) is 6.42 Å². The van der Waals surface area contributed by atoms with Crippen LogP contribution in [0, 0.1) is 0 Å². The van der Waals surface area contributed by atoms with Crippen molar-refractivity contribution in [3.05, 3.63) is 30.8 Å². The van der Waals surface area contributed by atoms with Crippen LogP contribution in [-0.2, 0) is 0 Å². The van der Waals surface area contributed by atoms with E-state index in [2.05, 4.69) is 36.4 Å². The van der Waals surface area contributed by atoms with Gasteiger partial charge < -0.3 is 10.6 Å². The fourth-order valence-corrected chi connectivity index (χ4v) is 1.05. The lowest BCUT2D eigenvalue weighted by Crippen LogP contribution is -2.26. The second kappa shape index (κ2) is 9.94. The summed E-state index contributed by atoms with van der Waals surface area (Å²) in [6.07, 6.45) is 6.51. The lowest BCUT2D eigenvalue weighted by molar-refractivity contribution is 0.633. The van der Waals surface area contributed by atoms with Crippen LogP contribution in [0.3, 0.4) is 0 Å². The van der Waals surface area contributed by atoms with Gasteiger partial charge >= 0.3 is 0 Å². The van der Waals surface area contributed by atoms with Crippen LogP contribution in [0.4, 0.5) is 0 Å². The van der Waals surface area contributed by atoms with Crippen LogP contribution in [0.15, 0.2) is 30.8 Å². The Morgan fingerprint density at radius 1 is 1.29 bits per heavy atom. The van der Waals surface area contributed by atoms with E-state index in [0.717, 1.165) is 38.2 Å². The molecule has 2 nitrogen and oxygen atoms in total. The summed E-state index contributed by atoms with van der Waals surface area (Å²) in [5, 5.41) is 6.44. The van der Waals surface area contributed by atoms with Crippen LogP contribution in [0.25, 0.3) is 0 Å². The first-order valence-electron chi connectivity index (χ1n) is 5.32. The molecular weight excluding hydrogens is 172 g/mol. The average Bonchev–Trinajstić information content (AvgIpc) is 2.20. The molecule has 0 aromatic carbocycles. The third-order valence-electron chi connectivity index (χ3n) is 1.85. The Labute approximate surface area is 87.8 Å². The summed E-state index contributed by atoms with van der Waals surface area (Å²) in [6.45, 7) is 11.5. The summed E-state index contributed by atoms with van der Waals surface area (Å²) < 4.78 is 0. The van der Waals surface area contributed by atoms with Crippen LogP contribution in [0.1, 0.15) is 32.6 Å². The molecule has 0 atom stereocenters. The molecule has 0 saturated heterocycles. The Hall–Kier alpha value is -1.14. The molecule has 0 fully saturated rings. The summed E-state index contributed by atoms with van der Waals surface area (Å²) in [7, 11) is 0. The second-order valence-corrected chi connectivity index (χ2v) is 3.24. The van der Waals surface area contributed by atoms with E-state index >= 15 is 0 Å². The Bertz CT molecular complexity index is 190. The maximum atomic E-state index is 3.87. The SMILES string of the molecule is C=C=CCCCCNC(=C)NCCC. The minimum atomic E-state index is 0.936. The molecule has 0 unspecified atom stereocenters. The highest BCUT2D eigenvalue weighted by Gasteiger charge is 1.90. The van der Waals surface area contributed by atoms with Gasteiger partial charge in [-0.05, 0) is 31.8 Å². The van der Waals surface area contributed by atoms with Crippen molar-refractivity contribution in [3.63, 3.8) is 0 Å². The van der Waals surface area contributed by atoms with Crippen LogP contribution >= 0.6 is 0 Å². The van der Waals surface area contributed by atoms with E-state index in [1.807, 2.05) is 6.08 Å². The number of nitrogens with one attached hydrogen (secondary N) is 2. The zero-order valence-electron chi connectivity index (χ0n) is 9.23. The summed E-state index contributed by atoms with van der Waals surface area (Å²) in [5.74, 6) is 0.936. The van der Waals surface area contributed by atoms with E-state index < -0.39 is 0 Å². The second-order valence-electron chi connectivity index (χ2n) is 3.24. The molecule has 0 spiro atoms. The maximum Gasteiger partial charge on any atom is 0.0912 e. The largest absolute Gasteiger partial charge is 0.372 e. The predicted octanol–water partition coefficient (Wildman–Crippen LogP) is 2.56. The van der Waals surface area contributed by atoms with Crippen molar-refractivity contribution in [2.75, 3.05) is 13.1 Å². The van der Waals surface area contributed by atoms with E-state index in [1.54, 1.807) is 0 Å². The molecule has 0 saturated carbocycles. The highest BCUT2D eigenvalue weighted by Crippen LogP contribution is 1.94. The molecule has 80 valence electrons. The Morgan fingerprint density at radius 2 is 2.00 bits per heavy atom. The molecule has 0 aromatic rings. The van der Waals surface area contributed by atoms with Gasteiger partial charge in [0, 0.05) is 13.1 Å². The molecule has 0 aliphatic rings. The molecule has 0 aliphatic carbocycles. The fourth-order valence-electron chi connectivity index (χ4n) is 1.05. The van der Waals surface area contributed by atoms with Gasteiger partial charge in [-0.2, -0.15) is 0 Å². The number of unbranched alkanes of at least 4 members (excludes halogenated alkanes) is 2. The van der Waals surface area contributed by atoms with Crippen molar-refractivity contribution in [1.82, 2.24) is 10.6 Å². The van der Waals surface area contributed by atoms with E-state index in [-0.39, 0.29) is 0 Å². The normalized spacial score (nSPS) is 8.93. The standard InChI is InChI=1S/C12H22N2/c1-4-6-7-8-9-11-14-12(3)13-10-5-2/h6,13-14H,1,3,5,7-11H2,2H3. The summed E-state index contributed by atoms with van der Waals surface area (Å²) in [5.41, 5.74) is 2.77. The van der Waals surface area contributed by atoms with Gasteiger partial charge in [-0.3, -0.25) is 0 Å². The third kappa shape index (κ3) is 8.95. The van der Waals surface area contributed by atoms with Gasteiger partial charge in [0.2, 0.25) is 0 Å². The summed E-state index contributed by atoms with van der Waals surface area (Å²) in [4.78, 5) is 0. The predicted molar refractivity (Wildman–Crippen MR) is 63.0 cm³/mol. The van der Waals surface area contributed by atoms with Gasteiger partial charge in [0.25, 0.3) is 0 Å². The van der Waals surface area contributed by atoms with Crippen LogP contribution in [-0.4, -0.2) is 13.1 Å². The maximum absolute atomic E-state index is 3.87. The van der Waals surface area contributed by atoms with Gasteiger partial charge in [0.05, 0.1) is 5.82 Å². The molecule has 0 rings (SSSR count). The molecule has 0 aromatic heterocycles. The van der Waals surface area contributed by atoms with Crippen molar-refractivity contribution in [1.29, 1.82) is 0 Å². The van der Waals surface area contributed by atoms with Gasteiger partial charge in [-0.1, -0.05) is 20.1 Å². The average molecular weight is 194 g/mol. The van der Waals surface area contributed by atoms with Crippen LogP contribution in [0.2, 0.25) is 0 Å². The molecule has 0 heterocycles. The van der Waals surface area contributed by atoms with Crippen molar-refractivity contribution in [3.8, 4) is 0 Å². The van der Waals surface area contributed by atoms with Crippen LogP contribution < -0.4 is 10.6 Å². The number of allylic oxidation sites excluding steroid dienone is 1. The van der Waals surface area contributed by atoms with E-state index in [0.29, 0.717) is 0 Å². The Balaban J connectivity index is 3.18. The van der Waals surface area contributed by atoms with Gasteiger partial charge in [0.15, 0.2) is 0 Å². The number of hydrogen-bond acceptors (Lipinski definition) is 2. The highest BCUT2D eigenvalue weighted by atomic mass is 15.1. The molecule has 0 amide bonds. The van der Waals surface area contributed by atoms with Crippen molar-refractivity contribution in [2.24, 2.45) is 0 Å². The summed E-state index contributed by atoms with van der Waals surface area (Å²) in [6, 6.07) is 0. The quantitative estimate of drug-likeness (QED) is 0.435. The first kappa shape index (κ1) is 12.9. The number of rotatable bonds is 9. The molecule has 2 heteroatoms. The van der Waals surface area contributed by atoms with Crippen LogP contribution in [0.5, 0.6) is 0 Å². The molecule has 0 aliphatic heterocycles. The fraction of sp³-hybridized carbons (Fsp3) is 0.583. The zero-order valence-corrected chi connectivity index (χ0v) is 9.23. The Kier molecular flexibility index (Phi) is 9.13. The minimum Gasteiger partial charge on any atom is -0.372 e. The molecule has 0 bridgehead atoms. The van der Waals surface area contributed by atoms with Crippen molar-refractivity contribution >= 4 is 0 Å². The summed E-state index contributed by atoms with van der Waals surface area (Å²) >= 11 is 0. The zero-order chi connectivity index (χ0) is 10.6. The number of hydrogen-bond donors (Lipinski definition) is 2. The van der Waals surface area contributed by atoms with E-state index in [9.17, 15) is 0 Å². The first-order valence-corrected chi connectivity index (χ1v) is 5.32. The topological polar surface area (TPSA) is 24.1 Å². The van der Waals surface area contributed by atoms with Crippen molar-refractivity contribution in [2.45, 2.75) is 32.6 Å². The lowest BCUT2D eigenvalue weighted by atomic mass is 10.2. The molecule has 14 heavy (non-hydrogen) atoms.